The Kier molecular flexibility index (Phi) is 8.10. The molecule has 10 nitrogen and oxygen atoms in total. The van der Waals surface area contributed by atoms with Gasteiger partial charge in [-0.15, -0.1) is 0 Å². The van der Waals surface area contributed by atoms with Crippen LogP contribution in [-0.4, -0.2) is 71.2 Å². The standard InChI is InChI=1S/C24H28B2N2O8/c1-15(27-23(31)16-5-7-18-13-35-25(33)20(18)10-16)4-2-3-9-28(12-22(29)30)24(32)17-6-8-19-14-36-26(34)21(19)11-17/h5-8,10-11,15,33-34H,2-4,9,12-14H2,1H3,(H,27,31)(H,29,30). The van der Waals surface area contributed by atoms with Crippen molar-refractivity contribution >= 4 is 42.9 Å². The molecule has 2 aromatic carbocycles. The Bertz CT molecular complexity index is 1160. The van der Waals surface area contributed by atoms with Crippen molar-refractivity contribution < 1.29 is 38.8 Å². The summed E-state index contributed by atoms with van der Waals surface area (Å²) in [7, 11) is -2.11. The molecule has 0 radical (unpaired) electrons. The molecule has 2 aliphatic rings. The quantitative estimate of drug-likeness (QED) is 0.259. The molecule has 1 unspecified atom stereocenters. The summed E-state index contributed by atoms with van der Waals surface area (Å²) < 4.78 is 10.3. The third kappa shape index (κ3) is 5.96. The number of unbranched alkanes of at least 4 members (excludes halogenated alkanes) is 1. The van der Waals surface area contributed by atoms with Crippen molar-refractivity contribution in [2.75, 3.05) is 13.1 Å². The predicted octanol–water partition coefficient (Wildman–Crippen LogP) is -0.362. The molecule has 0 spiro atoms. The van der Waals surface area contributed by atoms with Crippen molar-refractivity contribution in [3.05, 3.63) is 58.7 Å². The first-order valence-electron chi connectivity index (χ1n) is 11.9. The van der Waals surface area contributed by atoms with Crippen molar-refractivity contribution in [1.29, 1.82) is 0 Å². The maximum absolute atomic E-state index is 13.0. The van der Waals surface area contributed by atoms with Crippen LogP contribution in [0.2, 0.25) is 0 Å². The fourth-order valence-corrected chi connectivity index (χ4v) is 4.43. The fraction of sp³-hybridized carbons (Fsp3) is 0.375. The van der Waals surface area contributed by atoms with Crippen LogP contribution in [0.5, 0.6) is 0 Å². The van der Waals surface area contributed by atoms with E-state index < -0.39 is 32.7 Å². The second-order valence-electron chi connectivity index (χ2n) is 9.14. The number of hydrogen-bond acceptors (Lipinski definition) is 7. The van der Waals surface area contributed by atoms with Crippen molar-refractivity contribution in [2.45, 2.75) is 45.4 Å². The highest BCUT2D eigenvalue weighted by Gasteiger charge is 2.30. The highest BCUT2D eigenvalue weighted by molar-refractivity contribution is 6.62. The van der Waals surface area contributed by atoms with E-state index in [0.29, 0.717) is 47.9 Å². The van der Waals surface area contributed by atoms with Gasteiger partial charge in [0.15, 0.2) is 0 Å². The first-order valence-corrected chi connectivity index (χ1v) is 11.9. The number of nitrogens with zero attached hydrogens (tertiary/aromatic N) is 1. The molecular formula is C24H28B2N2O8. The van der Waals surface area contributed by atoms with E-state index in [2.05, 4.69) is 5.32 Å². The van der Waals surface area contributed by atoms with Gasteiger partial charge in [0.1, 0.15) is 6.54 Å². The Labute approximate surface area is 209 Å². The molecule has 12 heteroatoms. The van der Waals surface area contributed by atoms with E-state index in [-0.39, 0.29) is 25.1 Å². The summed E-state index contributed by atoms with van der Waals surface area (Å²) in [5.74, 6) is -1.79. The van der Waals surface area contributed by atoms with Gasteiger partial charge in [0.2, 0.25) is 0 Å². The fourth-order valence-electron chi connectivity index (χ4n) is 4.43. The smallest absolute Gasteiger partial charge is 0.480 e. The van der Waals surface area contributed by atoms with Gasteiger partial charge in [-0.25, -0.2) is 0 Å². The van der Waals surface area contributed by atoms with Gasteiger partial charge in [-0.2, -0.15) is 0 Å². The van der Waals surface area contributed by atoms with Gasteiger partial charge in [0.05, 0.1) is 13.2 Å². The second kappa shape index (κ2) is 11.3. The largest absolute Gasteiger partial charge is 0.491 e. The summed E-state index contributed by atoms with van der Waals surface area (Å²) >= 11 is 0. The van der Waals surface area contributed by atoms with Crippen LogP contribution in [0.25, 0.3) is 0 Å². The van der Waals surface area contributed by atoms with Crippen molar-refractivity contribution in [3.8, 4) is 0 Å². The number of hydrogen-bond donors (Lipinski definition) is 4. The molecule has 188 valence electrons. The van der Waals surface area contributed by atoms with E-state index in [0.717, 1.165) is 11.1 Å². The van der Waals surface area contributed by atoms with E-state index >= 15 is 0 Å². The zero-order valence-corrected chi connectivity index (χ0v) is 20.0. The Balaban J connectivity index is 1.27. The highest BCUT2D eigenvalue weighted by Crippen LogP contribution is 2.15. The number of amides is 2. The predicted molar refractivity (Wildman–Crippen MR) is 132 cm³/mol. The average Bonchev–Trinajstić information content (AvgIpc) is 3.42. The number of carbonyl (C=O) groups excluding carboxylic acids is 2. The maximum atomic E-state index is 13.0. The zero-order valence-electron chi connectivity index (χ0n) is 20.0. The number of fused-ring (bicyclic) bond motifs is 2. The topological polar surface area (TPSA) is 146 Å². The van der Waals surface area contributed by atoms with Crippen LogP contribution in [0, 0.1) is 0 Å². The number of aliphatic carboxylic acids is 1. The van der Waals surface area contributed by atoms with E-state index in [1.54, 1.807) is 36.4 Å². The Morgan fingerprint density at radius 3 is 2.17 bits per heavy atom. The van der Waals surface area contributed by atoms with E-state index in [1.165, 1.54) is 4.90 Å². The van der Waals surface area contributed by atoms with E-state index in [4.69, 9.17) is 9.31 Å². The Morgan fingerprint density at radius 1 is 0.972 bits per heavy atom. The molecule has 0 aliphatic carbocycles. The van der Waals surface area contributed by atoms with Gasteiger partial charge in [-0.3, -0.25) is 14.4 Å². The van der Waals surface area contributed by atoms with Crippen LogP contribution in [0.1, 0.15) is 58.0 Å². The summed E-state index contributed by atoms with van der Waals surface area (Å²) in [6.07, 6.45) is 1.86. The second-order valence-corrected chi connectivity index (χ2v) is 9.14. The average molecular weight is 494 g/mol. The molecule has 0 saturated carbocycles. The number of carbonyl (C=O) groups is 3. The van der Waals surface area contributed by atoms with Crippen molar-refractivity contribution in [1.82, 2.24) is 10.2 Å². The summed E-state index contributed by atoms with van der Waals surface area (Å²) in [5.41, 5.74) is 3.51. The van der Waals surface area contributed by atoms with Gasteiger partial charge in [0, 0.05) is 23.7 Å². The van der Waals surface area contributed by atoms with E-state index in [9.17, 15) is 29.5 Å². The first-order chi connectivity index (χ1) is 17.2. The van der Waals surface area contributed by atoms with Gasteiger partial charge >= 0.3 is 20.2 Å². The number of carboxylic acid groups (broad SMARTS) is 1. The molecule has 0 aromatic heterocycles. The van der Waals surface area contributed by atoms with Crippen LogP contribution in [0.3, 0.4) is 0 Å². The monoisotopic (exact) mass is 494 g/mol. The SMILES string of the molecule is CC(CCCCN(CC(=O)O)C(=O)c1ccc2c(c1)B(O)OC2)NC(=O)c1ccc2c(c1)B(O)OC2. The third-order valence-electron chi connectivity index (χ3n) is 6.43. The summed E-state index contributed by atoms with van der Waals surface area (Å²) in [5, 5.41) is 31.9. The van der Waals surface area contributed by atoms with E-state index in [1.807, 2.05) is 6.92 Å². The van der Waals surface area contributed by atoms with Crippen LogP contribution >= 0.6 is 0 Å². The molecular weight excluding hydrogens is 466 g/mol. The molecule has 0 bridgehead atoms. The van der Waals surface area contributed by atoms with Crippen LogP contribution in [0.15, 0.2) is 36.4 Å². The van der Waals surface area contributed by atoms with Crippen LogP contribution in [-0.2, 0) is 27.3 Å². The minimum atomic E-state index is -1.11. The lowest BCUT2D eigenvalue weighted by molar-refractivity contribution is -0.137. The minimum absolute atomic E-state index is 0.145. The Morgan fingerprint density at radius 2 is 1.56 bits per heavy atom. The lowest BCUT2D eigenvalue weighted by Crippen LogP contribution is -2.38. The highest BCUT2D eigenvalue weighted by atomic mass is 16.5. The molecule has 0 fully saturated rings. The van der Waals surface area contributed by atoms with Crippen molar-refractivity contribution in [2.24, 2.45) is 0 Å². The number of rotatable bonds is 10. The maximum Gasteiger partial charge on any atom is 0.491 e. The molecule has 2 amide bonds. The number of carboxylic acids is 1. The molecule has 4 N–H and O–H groups in total. The van der Waals surface area contributed by atoms with Gasteiger partial charge in [0.25, 0.3) is 11.8 Å². The van der Waals surface area contributed by atoms with Gasteiger partial charge < -0.3 is 34.7 Å². The number of benzene rings is 2. The van der Waals surface area contributed by atoms with Gasteiger partial charge in [-0.1, -0.05) is 12.1 Å². The third-order valence-corrected chi connectivity index (χ3v) is 6.43. The first kappa shape index (κ1) is 25.9. The van der Waals surface area contributed by atoms with Crippen LogP contribution < -0.4 is 16.2 Å². The minimum Gasteiger partial charge on any atom is -0.480 e. The molecule has 2 aromatic rings. The normalized spacial score (nSPS) is 14.9. The van der Waals surface area contributed by atoms with Gasteiger partial charge in [-0.05, 0) is 72.5 Å². The zero-order chi connectivity index (χ0) is 25.8. The number of nitrogens with one attached hydrogen (secondary N) is 1. The molecule has 2 heterocycles. The summed E-state index contributed by atoms with van der Waals surface area (Å²) in [4.78, 5) is 38.2. The molecule has 0 saturated heterocycles. The Hall–Kier alpha value is -3.18. The summed E-state index contributed by atoms with van der Waals surface area (Å²) in [6, 6.07) is 9.82. The summed E-state index contributed by atoms with van der Waals surface area (Å²) in [6.45, 7) is 2.27. The molecule has 4 rings (SSSR count). The van der Waals surface area contributed by atoms with Crippen molar-refractivity contribution in [3.63, 3.8) is 0 Å². The lowest BCUT2D eigenvalue weighted by atomic mass is 9.78. The molecule has 1 atom stereocenters. The molecule has 36 heavy (non-hydrogen) atoms. The molecule has 2 aliphatic heterocycles. The van der Waals surface area contributed by atoms with Crippen LogP contribution in [0.4, 0.5) is 0 Å². The lowest BCUT2D eigenvalue weighted by Gasteiger charge is -2.22.